The molecular weight excluding hydrogens is 388 g/mol. The number of halogens is 3. The molecule has 3 aromatic rings. The van der Waals surface area contributed by atoms with Crippen LogP contribution < -0.4 is 0 Å². The summed E-state index contributed by atoms with van der Waals surface area (Å²) < 4.78 is 54.0. The summed E-state index contributed by atoms with van der Waals surface area (Å²) in [6.45, 7) is 1.84. The van der Waals surface area contributed by atoms with Crippen LogP contribution in [0.5, 0.6) is 0 Å². The van der Waals surface area contributed by atoms with Gasteiger partial charge in [-0.15, -0.1) is 0 Å². The molecule has 0 unspecified atom stereocenters. The number of hydrogen-bond donors (Lipinski definition) is 0. The van der Waals surface area contributed by atoms with Crippen molar-refractivity contribution < 1.29 is 17.2 Å². The molecule has 0 fully saturated rings. The molecule has 1 heterocycles. The third-order valence-corrected chi connectivity index (χ3v) is 5.68. The Morgan fingerprint density at radius 3 is 2.26 bits per heavy atom. The lowest BCUT2D eigenvalue weighted by Crippen LogP contribution is -2.12. The Balaban J connectivity index is 2.30. The van der Waals surface area contributed by atoms with E-state index in [2.05, 4.69) is 15.9 Å². The molecule has 0 amide bonds. The number of hydrogen-bond acceptors (Lipinski definition) is 2. The summed E-state index contributed by atoms with van der Waals surface area (Å²) in [5.41, 5.74) is 0.736. The van der Waals surface area contributed by atoms with E-state index >= 15 is 0 Å². The fourth-order valence-electron chi connectivity index (χ4n) is 2.40. The molecule has 7 heteroatoms. The SMILES string of the molecule is Cc1ccc(S(=O)(=O)n2cc(C(F)(F)Br)c3ccccc32)cc1. The maximum absolute atomic E-state index is 13.7. The van der Waals surface area contributed by atoms with E-state index in [1.165, 1.54) is 24.3 Å². The largest absolute Gasteiger partial charge is 0.328 e. The Morgan fingerprint density at radius 1 is 1.04 bits per heavy atom. The first-order valence-electron chi connectivity index (χ1n) is 6.71. The molecule has 0 aliphatic rings. The molecule has 3 nitrogen and oxygen atoms in total. The van der Waals surface area contributed by atoms with Crippen molar-refractivity contribution in [3.05, 3.63) is 65.9 Å². The first-order valence-corrected chi connectivity index (χ1v) is 8.94. The fraction of sp³-hybridized carbons (Fsp3) is 0.125. The van der Waals surface area contributed by atoms with Crippen LogP contribution in [0.4, 0.5) is 8.78 Å². The van der Waals surface area contributed by atoms with Crippen LogP contribution in [0.15, 0.2) is 59.6 Å². The number of alkyl halides is 3. The smallest absolute Gasteiger partial charge is 0.241 e. The van der Waals surface area contributed by atoms with Crippen LogP contribution in [0, 0.1) is 6.92 Å². The molecule has 0 saturated carbocycles. The highest BCUT2D eigenvalue weighted by atomic mass is 79.9. The van der Waals surface area contributed by atoms with Crippen LogP contribution in [0.2, 0.25) is 0 Å². The predicted octanol–water partition coefficient (Wildman–Crippen LogP) is 4.63. The van der Waals surface area contributed by atoms with Crippen molar-refractivity contribution in [2.24, 2.45) is 0 Å². The molecule has 120 valence electrons. The molecule has 0 radical (unpaired) electrons. The van der Waals surface area contributed by atoms with Crippen molar-refractivity contribution in [2.75, 3.05) is 0 Å². The van der Waals surface area contributed by atoms with E-state index < -0.39 is 14.9 Å². The van der Waals surface area contributed by atoms with Crippen molar-refractivity contribution >= 4 is 36.9 Å². The average molecular weight is 400 g/mol. The zero-order chi connectivity index (χ0) is 16.8. The Bertz CT molecular complexity index is 973. The number of benzene rings is 2. The molecule has 0 saturated heterocycles. The van der Waals surface area contributed by atoms with Crippen LogP contribution in [-0.2, 0) is 14.9 Å². The van der Waals surface area contributed by atoms with Gasteiger partial charge >= 0.3 is 4.83 Å². The summed E-state index contributed by atoms with van der Waals surface area (Å²) in [5, 5.41) is 0.185. The molecular formula is C16H12BrF2NO2S. The normalized spacial score (nSPS) is 12.7. The van der Waals surface area contributed by atoms with Crippen LogP contribution in [0.3, 0.4) is 0 Å². The standard InChI is InChI=1S/C16H12BrF2NO2S/c1-11-6-8-12(9-7-11)23(21,22)20-10-14(16(17,18)19)13-4-2-3-5-15(13)20/h2-10H,1H3. The average Bonchev–Trinajstić information content (AvgIpc) is 2.88. The molecule has 0 aliphatic heterocycles. The van der Waals surface area contributed by atoms with E-state index in [9.17, 15) is 17.2 Å². The molecule has 3 rings (SSSR count). The van der Waals surface area contributed by atoms with Gasteiger partial charge in [-0.3, -0.25) is 0 Å². The van der Waals surface area contributed by atoms with Gasteiger partial charge < -0.3 is 0 Å². The van der Waals surface area contributed by atoms with Gasteiger partial charge in [-0.2, -0.15) is 8.78 Å². The summed E-state index contributed by atoms with van der Waals surface area (Å²) in [5.74, 6) is 0. The topological polar surface area (TPSA) is 39.1 Å². The van der Waals surface area contributed by atoms with E-state index in [1.54, 1.807) is 24.3 Å². The maximum atomic E-state index is 13.7. The van der Waals surface area contributed by atoms with Crippen molar-refractivity contribution in [3.8, 4) is 0 Å². The highest BCUT2D eigenvalue weighted by molar-refractivity contribution is 9.09. The maximum Gasteiger partial charge on any atom is 0.328 e. The number of para-hydroxylation sites is 1. The minimum atomic E-state index is -3.96. The molecule has 0 atom stereocenters. The Morgan fingerprint density at radius 2 is 1.65 bits per heavy atom. The van der Waals surface area contributed by atoms with Crippen LogP contribution >= 0.6 is 15.9 Å². The quantitative estimate of drug-likeness (QED) is 0.602. The van der Waals surface area contributed by atoms with E-state index in [1.807, 2.05) is 6.92 Å². The summed E-state index contributed by atoms with van der Waals surface area (Å²) in [6, 6.07) is 12.4. The van der Waals surface area contributed by atoms with Crippen molar-refractivity contribution in [3.63, 3.8) is 0 Å². The highest BCUT2D eigenvalue weighted by Crippen LogP contribution is 2.40. The fourth-order valence-corrected chi connectivity index (χ4v) is 4.08. The second kappa shape index (κ2) is 5.42. The van der Waals surface area contributed by atoms with E-state index in [4.69, 9.17) is 0 Å². The lowest BCUT2D eigenvalue weighted by Gasteiger charge is -2.08. The molecule has 1 aromatic heterocycles. The minimum Gasteiger partial charge on any atom is -0.241 e. The molecule has 0 bridgehead atoms. The van der Waals surface area contributed by atoms with Gasteiger partial charge in [0.15, 0.2) is 0 Å². The number of nitrogens with zero attached hydrogens (tertiary/aromatic N) is 1. The lowest BCUT2D eigenvalue weighted by molar-refractivity contribution is 0.116. The third-order valence-electron chi connectivity index (χ3n) is 3.56. The molecule has 0 aliphatic carbocycles. The minimum absolute atomic E-state index is 0.0493. The van der Waals surface area contributed by atoms with E-state index in [0.29, 0.717) is 0 Å². The van der Waals surface area contributed by atoms with E-state index in [0.717, 1.165) is 15.7 Å². The van der Waals surface area contributed by atoms with Crippen molar-refractivity contribution in [2.45, 2.75) is 16.7 Å². The monoisotopic (exact) mass is 399 g/mol. The second-order valence-electron chi connectivity index (χ2n) is 5.17. The van der Waals surface area contributed by atoms with Gasteiger partial charge in [0.1, 0.15) is 0 Å². The molecule has 0 spiro atoms. The Hall–Kier alpha value is -1.73. The molecule has 23 heavy (non-hydrogen) atoms. The van der Waals surface area contributed by atoms with Gasteiger partial charge in [0.25, 0.3) is 10.0 Å². The van der Waals surface area contributed by atoms with Crippen LogP contribution in [0.25, 0.3) is 10.9 Å². The first-order chi connectivity index (χ1) is 10.7. The van der Waals surface area contributed by atoms with Crippen LogP contribution in [0.1, 0.15) is 11.1 Å². The summed E-state index contributed by atoms with van der Waals surface area (Å²) in [7, 11) is -3.96. The van der Waals surface area contributed by atoms with Gasteiger partial charge in [-0.25, -0.2) is 12.4 Å². The third kappa shape index (κ3) is 2.79. The lowest BCUT2D eigenvalue weighted by atomic mass is 10.2. The molecule has 0 N–H and O–H groups in total. The summed E-state index contributed by atoms with van der Waals surface area (Å²) in [6.07, 6.45) is 0.967. The molecule has 2 aromatic carbocycles. The van der Waals surface area contributed by atoms with Gasteiger partial charge in [0.05, 0.1) is 16.0 Å². The second-order valence-corrected chi connectivity index (χ2v) is 7.98. The number of aromatic nitrogens is 1. The van der Waals surface area contributed by atoms with Gasteiger partial charge in [0.2, 0.25) is 0 Å². The number of aryl methyl sites for hydroxylation is 1. The summed E-state index contributed by atoms with van der Waals surface area (Å²) >= 11 is 2.31. The number of rotatable bonds is 3. The predicted molar refractivity (Wildman–Crippen MR) is 88.5 cm³/mol. The van der Waals surface area contributed by atoms with Gasteiger partial charge in [-0.05, 0) is 41.1 Å². The highest BCUT2D eigenvalue weighted by Gasteiger charge is 2.33. The number of fused-ring (bicyclic) bond motifs is 1. The Kier molecular flexibility index (Phi) is 3.80. The Labute approximate surface area is 140 Å². The zero-order valence-electron chi connectivity index (χ0n) is 12.0. The zero-order valence-corrected chi connectivity index (χ0v) is 14.4. The van der Waals surface area contributed by atoms with Crippen molar-refractivity contribution in [1.29, 1.82) is 0 Å². The van der Waals surface area contributed by atoms with Crippen molar-refractivity contribution in [1.82, 2.24) is 3.97 Å². The van der Waals surface area contributed by atoms with Gasteiger partial charge in [-0.1, -0.05) is 35.9 Å². The summed E-state index contributed by atoms with van der Waals surface area (Å²) in [4.78, 5) is -3.27. The van der Waals surface area contributed by atoms with E-state index in [-0.39, 0.29) is 21.4 Å². The van der Waals surface area contributed by atoms with Gasteiger partial charge in [0, 0.05) is 11.6 Å². The van der Waals surface area contributed by atoms with Crippen LogP contribution in [-0.4, -0.2) is 12.4 Å². The first kappa shape index (κ1) is 16.1.